The van der Waals surface area contributed by atoms with Crippen LogP contribution in [0.3, 0.4) is 0 Å². The summed E-state index contributed by atoms with van der Waals surface area (Å²) >= 11 is 0. The van der Waals surface area contributed by atoms with Crippen LogP contribution in [0.25, 0.3) is 5.57 Å². The fraction of sp³-hybridized carbons (Fsp3) is 0.333. The molecule has 0 aliphatic heterocycles. The molecule has 1 aliphatic rings. The fourth-order valence-corrected chi connectivity index (χ4v) is 1.90. The Hall–Kier alpha value is -1.31. The quantitative estimate of drug-likeness (QED) is 0.677. The molecule has 1 aromatic rings. The van der Waals surface area contributed by atoms with Crippen LogP contribution in [-0.2, 0) is 0 Å². The molecular formula is C12H14FN. The maximum absolute atomic E-state index is 13.2. The number of anilines is 1. The van der Waals surface area contributed by atoms with Crippen LogP contribution >= 0.6 is 0 Å². The van der Waals surface area contributed by atoms with Gasteiger partial charge in [-0.1, -0.05) is 18.2 Å². The van der Waals surface area contributed by atoms with E-state index in [0.29, 0.717) is 5.69 Å². The van der Waals surface area contributed by atoms with Crippen molar-refractivity contribution in [3.05, 3.63) is 35.7 Å². The number of allylic oxidation sites excluding steroid dienone is 2. The summed E-state index contributed by atoms with van der Waals surface area (Å²) in [7, 11) is 0. The molecule has 0 unspecified atom stereocenters. The molecule has 0 atom stereocenters. The fourth-order valence-electron chi connectivity index (χ4n) is 1.90. The predicted molar refractivity (Wildman–Crippen MR) is 57.3 cm³/mol. The molecule has 2 heteroatoms. The molecule has 0 saturated heterocycles. The normalized spacial score (nSPS) is 16.5. The standard InChI is InChI=1S/C12H14FN/c13-11-8-4-7-10(12(11)14)9-5-2-1-3-6-9/h4-5,7-8H,1-3,6,14H2. The SMILES string of the molecule is Nc1c(F)cccc1C1=CCCCC1. The van der Waals surface area contributed by atoms with Gasteiger partial charge in [-0.05, 0) is 37.3 Å². The molecule has 1 aromatic carbocycles. The Bertz CT molecular complexity index is 369. The topological polar surface area (TPSA) is 26.0 Å². The minimum atomic E-state index is -0.311. The van der Waals surface area contributed by atoms with E-state index in [0.717, 1.165) is 18.4 Å². The Morgan fingerprint density at radius 2 is 2.07 bits per heavy atom. The minimum Gasteiger partial charge on any atom is -0.396 e. The van der Waals surface area contributed by atoms with Crippen molar-refractivity contribution in [1.29, 1.82) is 0 Å². The highest BCUT2D eigenvalue weighted by atomic mass is 19.1. The van der Waals surface area contributed by atoms with Crippen LogP contribution < -0.4 is 5.73 Å². The first-order chi connectivity index (χ1) is 6.79. The molecule has 74 valence electrons. The third kappa shape index (κ3) is 1.65. The summed E-state index contributed by atoms with van der Waals surface area (Å²) in [6.07, 6.45) is 6.70. The lowest BCUT2D eigenvalue weighted by Crippen LogP contribution is -1.99. The van der Waals surface area contributed by atoms with E-state index in [-0.39, 0.29) is 5.82 Å². The highest BCUT2D eigenvalue weighted by molar-refractivity contribution is 5.75. The van der Waals surface area contributed by atoms with Gasteiger partial charge in [-0.25, -0.2) is 4.39 Å². The molecule has 1 nitrogen and oxygen atoms in total. The van der Waals surface area contributed by atoms with Crippen LogP contribution in [0.4, 0.5) is 10.1 Å². The van der Waals surface area contributed by atoms with Crippen molar-refractivity contribution in [3.8, 4) is 0 Å². The number of hydrogen-bond acceptors (Lipinski definition) is 1. The summed E-state index contributed by atoms with van der Waals surface area (Å²) in [6.45, 7) is 0. The highest BCUT2D eigenvalue weighted by Crippen LogP contribution is 2.31. The van der Waals surface area contributed by atoms with Gasteiger partial charge in [-0.2, -0.15) is 0 Å². The maximum atomic E-state index is 13.2. The second kappa shape index (κ2) is 3.82. The van der Waals surface area contributed by atoms with Gasteiger partial charge in [-0.3, -0.25) is 0 Å². The van der Waals surface area contributed by atoms with E-state index in [4.69, 9.17) is 5.73 Å². The zero-order chi connectivity index (χ0) is 9.97. The number of rotatable bonds is 1. The molecule has 0 radical (unpaired) electrons. The molecule has 0 amide bonds. The lowest BCUT2D eigenvalue weighted by atomic mass is 9.93. The molecule has 2 rings (SSSR count). The molecule has 0 fully saturated rings. The van der Waals surface area contributed by atoms with Crippen LogP contribution in [0.1, 0.15) is 31.2 Å². The number of nitrogens with two attached hydrogens (primary N) is 1. The van der Waals surface area contributed by atoms with Crippen LogP contribution in [0.15, 0.2) is 24.3 Å². The van der Waals surface area contributed by atoms with Gasteiger partial charge >= 0.3 is 0 Å². The average Bonchev–Trinajstić information content (AvgIpc) is 2.23. The molecule has 0 bridgehead atoms. The summed E-state index contributed by atoms with van der Waals surface area (Å²) in [5.41, 5.74) is 8.07. The number of nitrogen functional groups attached to an aromatic ring is 1. The Labute approximate surface area is 83.4 Å². The predicted octanol–water partition coefficient (Wildman–Crippen LogP) is 3.37. The number of hydrogen-bond donors (Lipinski definition) is 1. The Balaban J connectivity index is 2.40. The monoisotopic (exact) mass is 191 g/mol. The smallest absolute Gasteiger partial charge is 0.146 e. The summed E-state index contributed by atoms with van der Waals surface area (Å²) in [5, 5.41) is 0. The van der Waals surface area contributed by atoms with E-state index < -0.39 is 0 Å². The first kappa shape index (κ1) is 9.25. The second-order valence-corrected chi connectivity index (χ2v) is 3.68. The Kier molecular flexibility index (Phi) is 2.53. The number of benzene rings is 1. The van der Waals surface area contributed by atoms with E-state index in [1.165, 1.54) is 24.5 Å². The maximum Gasteiger partial charge on any atom is 0.146 e. The van der Waals surface area contributed by atoms with Crippen molar-refractivity contribution in [2.45, 2.75) is 25.7 Å². The number of halogens is 1. The van der Waals surface area contributed by atoms with Crippen LogP contribution in [0.2, 0.25) is 0 Å². The zero-order valence-corrected chi connectivity index (χ0v) is 8.09. The van der Waals surface area contributed by atoms with Gasteiger partial charge < -0.3 is 5.73 Å². The summed E-state index contributed by atoms with van der Waals surface area (Å²) in [5.74, 6) is -0.311. The molecule has 0 aromatic heterocycles. The Morgan fingerprint density at radius 1 is 1.21 bits per heavy atom. The van der Waals surface area contributed by atoms with Gasteiger partial charge in [0.1, 0.15) is 5.82 Å². The number of para-hydroxylation sites is 1. The first-order valence-corrected chi connectivity index (χ1v) is 5.02. The van der Waals surface area contributed by atoms with Gasteiger partial charge in [0.05, 0.1) is 5.69 Å². The summed E-state index contributed by atoms with van der Waals surface area (Å²) < 4.78 is 13.2. The van der Waals surface area contributed by atoms with Crippen molar-refractivity contribution in [1.82, 2.24) is 0 Å². The average molecular weight is 191 g/mol. The summed E-state index contributed by atoms with van der Waals surface area (Å²) in [6, 6.07) is 5.02. The lowest BCUT2D eigenvalue weighted by molar-refractivity contribution is 0.631. The van der Waals surface area contributed by atoms with Crippen molar-refractivity contribution < 1.29 is 4.39 Å². The van der Waals surface area contributed by atoms with Crippen LogP contribution in [0.5, 0.6) is 0 Å². The van der Waals surface area contributed by atoms with Gasteiger partial charge in [-0.15, -0.1) is 0 Å². The second-order valence-electron chi connectivity index (χ2n) is 3.68. The molecule has 0 spiro atoms. The van der Waals surface area contributed by atoms with E-state index >= 15 is 0 Å². The molecule has 2 N–H and O–H groups in total. The van der Waals surface area contributed by atoms with Crippen molar-refractivity contribution in [2.75, 3.05) is 5.73 Å². The molecular weight excluding hydrogens is 177 g/mol. The third-order valence-corrected chi connectivity index (χ3v) is 2.69. The lowest BCUT2D eigenvalue weighted by Gasteiger charge is -2.14. The van der Waals surface area contributed by atoms with E-state index in [1.807, 2.05) is 6.07 Å². The van der Waals surface area contributed by atoms with E-state index in [2.05, 4.69) is 6.08 Å². The van der Waals surface area contributed by atoms with Crippen molar-refractivity contribution in [2.24, 2.45) is 0 Å². The van der Waals surface area contributed by atoms with Gasteiger partial charge in [0, 0.05) is 5.56 Å². The van der Waals surface area contributed by atoms with Crippen molar-refractivity contribution >= 4 is 11.3 Å². The minimum absolute atomic E-state index is 0.292. The van der Waals surface area contributed by atoms with Crippen LogP contribution in [0, 0.1) is 5.82 Å². The molecule has 1 aliphatic carbocycles. The zero-order valence-electron chi connectivity index (χ0n) is 8.09. The summed E-state index contributed by atoms with van der Waals surface area (Å²) in [4.78, 5) is 0. The van der Waals surface area contributed by atoms with Crippen molar-refractivity contribution in [3.63, 3.8) is 0 Å². The third-order valence-electron chi connectivity index (χ3n) is 2.69. The Morgan fingerprint density at radius 3 is 2.79 bits per heavy atom. The largest absolute Gasteiger partial charge is 0.396 e. The van der Waals surface area contributed by atoms with Crippen LogP contribution in [-0.4, -0.2) is 0 Å². The molecule has 14 heavy (non-hydrogen) atoms. The molecule has 0 heterocycles. The van der Waals surface area contributed by atoms with E-state index in [9.17, 15) is 4.39 Å². The highest BCUT2D eigenvalue weighted by Gasteiger charge is 2.10. The van der Waals surface area contributed by atoms with Gasteiger partial charge in [0.15, 0.2) is 0 Å². The van der Waals surface area contributed by atoms with E-state index in [1.54, 1.807) is 6.07 Å². The molecule has 0 saturated carbocycles. The first-order valence-electron chi connectivity index (χ1n) is 5.02. The van der Waals surface area contributed by atoms with Gasteiger partial charge in [0.2, 0.25) is 0 Å². The van der Waals surface area contributed by atoms with Gasteiger partial charge in [0.25, 0.3) is 0 Å².